The van der Waals surface area contributed by atoms with Crippen LogP contribution in [0.2, 0.25) is 0 Å². The monoisotopic (exact) mass is 277 g/mol. The summed E-state index contributed by atoms with van der Waals surface area (Å²) in [5.41, 5.74) is 0.528. The molecule has 20 heavy (non-hydrogen) atoms. The Morgan fingerprint density at radius 3 is 2.95 bits per heavy atom. The molecular weight excluding hydrogens is 250 g/mol. The van der Waals surface area contributed by atoms with Crippen molar-refractivity contribution < 1.29 is 5.11 Å². The van der Waals surface area contributed by atoms with Crippen LogP contribution in [0.3, 0.4) is 0 Å². The highest BCUT2D eigenvalue weighted by Crippen LogP contribution is 2.37. The lowest BCUT2D eigenvalue weighted by Gasteiger charge is -2.38. The molecule has 1 aromatic rings. The van der Waals surface area contributed by atoms with Crippen LogP contribution in [0.1, 0.15) is 51.3 Å². The van der Waals surface area contributed by atoms with Gasteiger partial charge in [-0.3, -0.25) is 4.68 Å². The summed E-state index contributed by atoms with van der Waals surface area (Å²) in [4.78, 5) is 2.47. The lowest BCUT2D eigenvalue weighted by atomic mass is 9.79. The minimum atomic E-state index is -0.528. The summed E-state index contributed by atoms with van der Waals surface area (Å²) in [6.45, 7) is 7.69. The van der Waals surface area contributed by atoms with E-state index in [-0.39, 0.29) is 0 Å². The summed E-state index contributed by atoms with van der Waals surface area (Å²) >= 11 is 0. The quantitative estimate of drug-likeness (QED) is 0.897. The second kappa shape index (κ2) is 5.49. The molecule has 1 N–H and O–H groups in total. The molecule has 4 nitrogen and oxygen atoms in total. The molecule has 1 aromatic heterocycles. The van der Waals surface area contributed by atoms with Gasteiger partial charge in [0.1, 0.15) is 0 Å². The van der Waals surface area contributed by atoms with E-state index < -0.39 is 5.60 Å². The van der Waals surface area contributed by atoms with Gasteiger partial charge in [0, 0.05) is 31.6 Å². The van der Waals surface area contributed by atoms with Crippen molar-refractivity contribution in [2.24, 2.45) is 5.92 Å². The molecule has 0 amide bonds. The first-order valence-electron chi connectivity index (χ1n) is 8.13. The molecular formula is C16H27N3O. The van der Waals surface area contributed by atoms with Gasteiger partial charge in [-0.2, -0.15) is 5.10 Å². The van der Waals surface area contributed by atoms with Crippen molar-refractivity contribution in [2.75, 3.05) is 19.6 Å². The predicted octanol–water partition coefficient (Wildman–Crippen LogP) is 2.24. The van der Waals surface area contributed by atoms with Crippen LogP contribution < -0.4 is 0 Å². The molecule has 0 saturated carbocycles. The van der Waals surface area contributed by atoms with E-state index >= 15 is 0 Å². The molecule has 3 heterocycles. The normalized spacial score (nSPS) is 33.0. The summed E-state index contributed by atoms with van der Waals surface area (Å²) in [5.74, 6) is 0.439. The maximum absolute atomic E-state index is 11.0. The van der Waals surface area contributed by atoms with Crippen LogP contribution in [0, 0.1) is 5.92 Å². The number of fused-ring (bicyclic) bond motifs is 2. The lowest BCUT2D eigenvalue weighted by Crippen LogP contribution is -2.47. The summed E-state index contributed by atoms with van der Waals surface area (Å²) in [6.07, 6.45) is 7.07. The van der Waals surface area contributed by atoms with Gasteiger partial charge in [-0.1, -0.05) is 13.8 Å². The Hall–Kier alpha value is -0.870. The number of aliphatic hydroxyl groups is 1. The van der Waals surface area contributed by atoms with Crippen LogP contribution in [0.25, 0.3) is 0 Å². The van der Waals surface area contributed by atoms with Crippen molar-refractivity contribution in [3.63, 3.8) is 0 Å². The van der Waals surface area contributed by atoms with E-state index in [1.165, 1.54) is 0 Å². The number of aromatic nitrogens is 2. The van der Waals surface area contributed by atoms with Crippen molar-refractivity contribution in [3.05, 3.63) is 18.0 Å². The number of hydrogen-bond donors (Lipinski definition) is 1. The molecule has 2 aliphatic heterocycles. The third kappa shape index (κ3) is 2.51. The third-order valence-corrected chi connectivity index (χ3v) is 5.36. The molecule has 2 aliphatic rings. The topological polar surface area (TPSA) is 41.3 Å². The van der Waals surface area contributed by atoms with Gasteiger partial charge in [-0.25, -0.2) is 0 Å². The Kier molecular flexibility index (Phi) is 3.87. The molecule has 3 atom stereocenters. The van der Waals surface area contributed by atoms with E-state index in [2.05, 4.69) is 35.7 Å². The molecule has 0 aliphatic carbocycles. The first kappa shape index (κ1) is 14.1. The fourth-order valence-corrected chi connectivity index (χ4v) is 3.91. The highest BCUT2D eigenvalue weighted by Gasteiger charge is 2.45. The third-order valence-electron chi connectivity index (χ3n) is 5.36. The minimum Gasteiger partial charge on any atom is -0.389 e. The minimum absolute atomic E-state index is 0.439. The highest BCUT2D eigenvalue weighted by atomic mass is 16.3. The van der Waals surface area contributed by atoms with Crippen molar-refractivity contribution >= 4 is 0 Å². The first-order chi connectivity index (χ1) is 9.64. The molecule has 2 bridgehead atoms. The van der Waals surface area contributed by atoms with Gasteiger partial charge in [0.25, 0.3) is 0 Å². The molecule has 2 saturated heterocycles. The van der Waals surface area contributed by atoms with Gasteiger partial charge in [0.15, 0.2) is 0 Å². The van der Waals surface area contributed by atoms with E-state index in [1.54, 1.807) is 0 Å². The number of piperidine rings is 1. The van der Waals surface area contributed by atoms with Crippen LogP contribution in [-0.4, -0.2) is 45.0 Å². The molecule has 2 fully saturated rings. The van der Waals surface area contributed by atoms with Crippen molar-refractivity contribution in [2.45, 2.75) is 57.6 Å². The van der Waals surface area contributed by atoms with Crippen molar-refractivity contribution in [1.29, 1.82) is 0 Å². The predicted molar refractivity (Wildman–Crippen MR) is 79.7 cm³/mol. The van der Waals surface area contributed by atoms with Crippen molar-refractivity contribution in [3.8, 4) is 0 Å². The Morgan fingerprint density at radius 2 is 2.20 bits per heavy atom. The van der Waals surface area contributed by atoms with Gasteiger partial charge in [-0.15, -0.1) is 0 Å². The maximum atomic E-state index is 11.0. The van der Waals surface area contributed by atoms with E-state index in [1.807, 2.05) is 0 Å². The molecule has 3 unspecified atom stereocenters. The Balaban J connectivity index is 1.71. The fourth-order valence-electron chi connectivity index (χ4n) is 3.91. The van der Waals surface area contributed by atoms with Crippen LogP contribution in [0.5, 0.6) is 0 Å². The summed E-state index contributed by atoms with van der Waals surface area (Å²) in [5, 5.41) is 15.7. The lowest BCUT2D eigenvalue weighted by molar-refractivity contribution is -0.0446. The Labute approximate surface area is 121 Å². The Bertz CT molecular complexity index is 454. The number of rotatable bonds is 5. The smallest absolute Gasteiger partial charge is 0.0756 e. The zero-order valence-corrected chi connectivity index (χ0v) is 12.8. The van der Waals surface area contributed by atoms with Crippen LogP contribution >= 0.6 is 0 Å². The van der Waals surface area contributed by atoms with Crippen LogP contribution in [0.15, 0.2) is 12.3 Å². The second-order valence-corrected chi connectivity index (χ2v) is 6.57. The van der Waals surface area contributed by atoms with Gasteiger partial charge in [-0.05, 0) is 38.3 Å². The summed E-state index contributed by atoms with van der Waals surface area (Å²) in [7, 11) is 0. The number of nitrogens with zero attached hydrogens (tertiary/aromatic N) is 3. The van der Waals surface area contributed by atoms with Gasteiger partial charge < -0.3 is 10.0 Å². The summed E-state index contributed by atoms with van der Waals surface area (Å²) < 4.78 is 2.09. The molecule has 0 radical (unpaired) electrons. The van der Waals surface area contributed by atoms with Crippen LogP contribution in [-0.2, 0) is 6.42 Å². The zero-order chi connectivity index (χ0) is 14.2. The highest BCUT2D eigenvalue weighted by molar-refractivity contribution is 5.09. The molecule has 3 rings (SSSR count). The maximum Gasteiger partial charge on any atom is 0.0756 e. The van der Waals surface area contributed by atoms with E-state index in [9.17, 15) is 5.11 Å². The molecule has 112 valence electrons. The van der Waals surface area contributed by atoms with Gasteiger partial charge >= 0.3 is 0 Å². The van der Waals surface area contributed by atoms with Gasteiger partial charge in [0.2, 0.25) is 0 Å². The molecule has 0 spiro atoms. The molecule has 0 aromatic carbocycles. The standard InChI is InChI=1S/C16H27N3O/c1-3-15(4-2)19-9-6-14(17-19)11-16(20)7-10-18-8-5-13(16)12-18/h6,9,13,15,20H,3-5,7-8,10-12H2,1-2H3. The van der Waals surface area contributed by atoms with E-state index in [4.69, 9.17) is 5.10 Å². The largest absolute Gasteiger partial charge is 0.389 e. The average Bonchev–Trinajstić information content (AvgIpc) is 3.05. The van der Waals surface area contributed by atoms with Gasteiger partial charge in [0.05, 0.1) is 17.3 Å². The summed E-state index contributed by atoms with van der Waals surface area (Å²) in [6, 6.07) is 2.59. The second-order valence-electron chi connectivity index (χ2n) is 6.57. The number of hydrogen-bond acceptors (Lipinski definition) is 3. The van der Waals surface area contributed by atoms with Crippen LogP contribution in [0.4, 0.5) is 0 Å². The average molecular weight is 277 g/mol. The molecule has 4 heteroatoms. The first-order valence-corrected chi connectivity index (χ1v) is 8.13. The fraction of sp³-hybridized carbons (Fsp3) is 0.812. The SMILES string of the molecule is CCC(CC)n1ccc(CC2(O)CCN3CCC2C3)n1. The zero-order valence-electron chi connectivity index (χ0n) is 12.8. The van der Waals surface area contributed by atoms with Crippen molar-refractivity contribution in [1.82, 2.24) is 14.7 Å². The van der Waals surface area contributed by atoms with E-state index in [0.717, 1.165) is 57.4 Å². The Morgan fingerprint density at radius 1 is 1.40 bits per heavy atom. The van der Waals surface area contributed by atoms with E-state index in [0.29, 0.717) is 12.0 Å².